The van der Waals surface area contributed by atoms with Crippen LogP contribution in [-0.4, -0.2) is 23.6 Å². The molecule has 0 bridgehead atoms. The van der Waals surface area contributed by atoms with Crippen molar-refractivity contribution in [2.24, 2.45) is 0 Å². The number of nitrogens with one attached hydrogen (secondary N) is 2. The number of halogens is 1. The molecule has 112 valence electrons. The molecule has 0 aliphatic carbocycles. The van der Waals surface area contributed by atoms with Crippen molar-refractivity contribution in [1.82, 2.24) is 9.97 Å². The van der Waals surface area contributed by atoms with E-state index in [1.807, 2.05) is 25.1 Å². The normalized spacial score (nSPS) is 10.3. The van der Waals surface area contributed by atoms with Crippen LogP contribution in [0.4, 0.5) is 17.3 Å². The summed E-state index contributed by atoms with van der Waals surface area (Å²) >= 11 is 3.45. The van der Waals surface area contributed by atoms with Crippen LogP contribution in [0.25, 0.3) is 0 Å². The van der Waals surface area contributed by atoms with Crippen LogP contribution >= 0.6 is 15.9 Å². The second kappa shape index (κ2) is 7.26. The van der Waals surface area contributed by atoms with Gasteiger partial charge in [0.15, 0.2) is 0 Å². The fraction of sp³-hybridized carbons (Fsp3) is 0.333. The highest BCUT2D eigenvalue weighted by atomic mass is 79.9. The molecular formula is C15H19BrN4O. The SMILES string of the molecule is CCNc1ncnc(Nc2ccc(Br)c(OC)c2)c1CC. The van der Waals surface area contributed by atoms with Crippen LogP contribution in [0.5, 0.6) is 5.75 Å². The maximum absolute atomic E-state index is 5.31. The Balaban J connectivity index is 2.32. The van der Waals surface area contributed by atoms with E-state index in [0.717, 1.165) is 46.1 Å². The molecule has 2 rings (SSSR count). The van der Waals surface area contributed by atoms with E-state index in [2.05, 4.69) is 43.5 Å². The fourth-order valence-corrected chi connectivity index (χ4v) is 2.46. The molecule has 0 aliphatic heterocycles. The first-order valence-corrected chi connectivity index (χ1v) is 7.67. The summed E-state index contributed by atoms with van der Waals surface area (Å²) < 4.78 is 6.23. The van der Waals surface area contributed by atoms with Crippen molar-refractivity contribution in [3.63, 3.8) is 0 Å². The molecule has 1 aromatic heterocycles. The minimum absolute atomic E-state index is 0.777. The molecule has 0 saturated carbocycles. The number of methoxy groups -OCH3 is 1. The van der Waals surface area contributed by atoms with Crippen molar-refractivity contribution >= 4 is 33.3 Å². The number of ether oxygens (including phenoxy) is 1. The lowest BCUT2D eigenvalue weighted by atomic mass is 10.2. The smallest absolute Gasteiger partial charge is 0.139 e. The van der Waals surface area contributed by atoms with Crippen molar-refractivity contribution in [2.75, 3.05) is 24.3 Å². The van der Waals surface area contributed by atoms with E-state index in [1.165, 1.54) is 0 Å². The van der Waals surface area contributed by atoms with E-state index in [0.29, 0.717) is 0 Å². The van der Waals surface area contributed by atoms with Crippen molar-refractivity contribution in [3.05, 3.63) is 34.6 Å². The number of benzene rings is 1. The number of hydrogen-bond acceptors (Lipinski definition) is 5. The average molecular weight is 351 g/mol. The lowest BCUT2D eigenvalue weighted by Crippen LogP contribution is -2.07. The van der Waals surface area contributed by atoms with E-state index in [-0.39, 0.29) is 0 Å². The Bertz CT molecular complexity index is 619. The van der Waals surface area contributed by atoms with Gasteiger partial charge in [0.05, 0.1) is 11.6 Å². The van der Waals surface area contributed by atoms with Crippen LogP contribution in [0.15, 0.2) is 29.0 Å². The molecule has 2 aromatic rings. The maximum Gasteiger partial charge on any atom is 0.139 e. The Hall–Kier alpha value is -1.82. The third-order valence-electron chi connectivity index (χ3n) is 3.06. The van der Waals surface area contributed by atoms with Gasteiger partial charge in [0, 0.05) is 23.9 Å². The summed E-state index contributed by atoms with van der Waals surface area (Å²) in [5, 5.41) is 6.59. The van der Waals surface area contributed by atoms with Gasteiger partial charge in [-0.2, -0.15) is 0 Å². The molecule has 5 nitrogen and oxygen atoms in total. The largest absolute Gasteiger partial charge is 0.495 e. The van der Waals surface area contributed by atoms with Crippen LogP contribution in [0.1, 0.15) is 19.4 Å². The third kappa shape index (κ3) is 3.64. The number of anilines is 3. The zero-order valence-corrected chi connectivity index (χ0v) is 14.0. The number of hydrogen-bond donors (Lipinski definition) is 2. The predicted octanol–water partition coefficient (Wildman–Crippen LogP) is 3.99. The average Bonchev–Trinajstić information content (AvgIpc) is 2.50. The van der Waals surface area contributed by atoms with Gasteiger partial charge in [-0.25, -0.2) is 9.97 Å². The van der Waals surface area contributed by atoms with Crippen LogP contribution < -0.4 is 15.4 Å². The van der Waals surface area contributed by atoms with Gasteiger partial charge in [0.25, 0.3) is 0 Å². The molecule has 2 N–H and O–H groups in total. The summed E-state index contributed by atoms with van der Waals surface area (Å²) in [4.78, 5) is 8.65. The van der Waals surface area contributed by atoms with Gasteiger partial charge < -0.3 is 15.4 Å². The summed E-state index contributed by atoms with van der Waals surface area (Å²) in [5.74, 6) is 2.47. The Morgan fingerprint density at radius 1 is 1.19 bits per heavy atom. The van der Waals surface area contributed by atoms with E-state index in [9.17, 15) is 0 Å². The minimum Gasteiger partial charge on any atom is -0.495 e. The second-order valence-electron chi connectivity index (χ2n) is 4.41. The minimum atomic E-state index is 0.777. The highest BCUT2D eigenvalue weighted by Crippen LogP contribution is 2.30. The monoisotopic (exact) mass is 350 g/mol. The Morgan fingerprint density at radius 2 is 1.95 bits per heavy atom. The van der Waals surface area contributed by atoms with Gasteiger partial charge in [-0.05, 0) is 41.4 Å². The Kier molecular flexibility index (Phi) is 5.38. The summed E-state index contributed by atoms with van der Waals surface area (Å²) in [6.45, 7) is 4.97. The molecule has 0 unspecified atom stereocenters. The van der Waals surface area contributed by atoms with Crippen molar-refractivity contribution in [3.8, 4) is 5.75 Å². The van der Waals surface area contributed by atoms with E-state index in [1.54, 1.807) is 13.4 Å². The molecule has 21 heavy (non-hydrogen) atoms. The lowest BCUT2D eigenvalue weighted by Gasteiger charge is -2.14. The zero-order chi connectivity index (χ0) is 15.2. The first-order chi connectivity index (χ1) is 10.2. The van der Waals surface area contributed by atoms with Crippen molar-refractivity contribution in [1.29, 1.82) is 0 Å². The molecule has 0 spiro atoms. The second-order valence-corrected chi connectivity index (χ2v) is 5.26. The van der Waals surface area contributed by atoms with Gasteiger partial charge in [0.2, 0.25) is 0 Å². The van der Waals surface area contributed by atoms with Gasteiger partial charge >= 0.3 is 0 Å². The maximum atomic E-state index is 5.31. The molecule has 1 heterocycles. The van der Waals surface area contributed by atoms with Crippen LogP contribution in [0.2, 0.25) is 0 Å². The third-order valence-corrected chi connectivity index (χ3v) is 3.71. The summed E-state index contributed by atoms with van der Waals surface area (Å²) in [6, 6.07) is 5.85. The molecule has 0 aliphatic rings. The summed E-state index contributed by atoms with van der Waals surface area (Å²) in [6.07, 6.45) is 2.41. The molecule has 0 atom stereocenters. The predicted molar refractivity (Wildman–Crippen MR) is 89.6 cm³/mol. The van der Waals surface area contributed by atoms with Gasteiger partial charge in [-0.3, -0.25) is 0 Å². The first kappa shape index (κ1) is 15.6. The molecule has 0 amide bonds. The molecule has 0 saturated heterocycles. The molecule has 0 fully saturated rings. The van der Waals surface area contributed by atoms with Crippen molar-refractivity contribution < 1.29 is 4.74 Å². The lowest BCUT2D eigenvalue weighted by molar-refractivity contribution is 0.412. The highest BCUT2D eigenvalue weighted by Gasteiger charge is 2.10. The van der Waals surface area contributed by atoms with Crippen LogP contribution in [0.3, 0.4) is 0 Å². The zero-order valence-electron chi connectivity index (χ0n) is 12.4. The molecular weight excluding hydrogens is 332 g/mol. The number of aromatic nitrogens is 2. The summed E-state index contributed by atoms with van der Waals surface area (Å²) in [7, 11) is 1.65. The Morgan fingerprint density at radius 3 is 2.62 bits per heavy atom. The summed E-state index contributed by atoms with van der Waals surface area (Å²) in [5.41, 5.74) is 1.99. The number of rotatable bonds is 6. The van der Waals surface area contributed by atoms with Crippen LogP contribution in [-0.2, 0) is 6.42 Å². The van der Waals surface area contributed by atoms with E-state index >= 15 is 0 Å². The van der Waals surface area contributed by atoms with E-state index in [4.69, 9.17) is 4.74 Å². The topological polar surface area (TPSA) is 59.1 Å². The highest BCUT2D eigenvalue weighted by molar-refractivity contribution is 9.10. The molecule has 1 aromatic carbocycles. The molecule has 6 heteroatoms. The van der Waals surface area contributed by atoms with Crippen molar-refractivity contribution in [2.45, 2.75) is 20.3 Å². The van der Waals surface area contributed by atoms with Gasteiger partial charge in [-0.15, -0.1) is 0 Å². The van der Waals surface area contributed by atoms with Gasteiger partial charge in [0.1, 0.15) is 23.7 Å². The standard InChI is InChI=1S/C15H19BrN4O/c1-4-11-14(17-5-2)18-9-19-15(11)20-10-6-7-12(16)13(8-10)21-3/h6-9H,4-5H2,1-3H3,(H2,17,18,19,20). The fourth-order valence-electron chi connectivity index (χ4n) is 2.05. The Labute approximate surface area is 133 Å². The van der Waals surface area contributed by atoms with Crippen LogP contribution in [0, 0.1) is 0 Å². The molecule has 0 radical (unpaired) electrons. The van der Waals surface area contributed by atoms with E-state index < -0.39 is 0 Å². The quantitative estimate of drug-likeness (QED) is 0.824. The van der Waals surface area contributed by atoms with Gasteiger partial charge in [-0.1, -0.05) is 6.92 Å². The number of nitrogens with zero attached hydrogens (tertiary/aromatic N) is 2. The first-order valence-electron chi connectivity index (χ1n) is 6.87.